The van der Waals surface area contributed by atoms with Crippen molar-refractivity contribution in [1.82, 2.24) is 0 Å². The van der Waals surface area contributed by atoms with E-state index >= 15 is 0 Å². The van der Waals surface area contributed by atoms with E-state index in [2.05, 4.69) is 0 Å². The van der Waals surface area contributed by atoms with Gasteiger partial charge in [-0.25, -0.2) is 0 Å². The molecule has 0 unspecified atom stereocenters. The van der Waals surface area contributed by atoms with Gasteiger partial charge in [-0.3, -0.25) is 0 Å². The largest absolute Gasteiger partial charge is 0.496 e. The standard InChI is InChI=1S/C12H18O2/c1-8(2)14-11-6-9(3)12(13-5)10(4)7-11/h6-8H,1-5H3. The molecule has 2 nitrogen and oxygen atoms in total. The molecule has 0 heterocycles. The van der Waals surface area contributed by atoms with Crippen LogP contribution in [0.2, 0.25) is 0 Å². The van der Waals surface area contributed by atoms with E-state index < -0.39 is 0 Å². The lowest BCUT2D eigenvalue weighted by Crippen LogP contribution is -2.06. The average Bonchev–Trinajstić information content (AvgIpc) is 2.01. The zero-order valence-corrected chi connectivity index (χ0v) is 9.55. The van der Waals surface area contributed by atoms with Crippen LogP contribution in [0.3, 0.4) is 0 Å². The highest BCUT2D eigenvalue weighted by atomic mass is 16.5. The van der Waals surface area contributed by atoms with Crippen molar-refractivity contribution in [2.75, 3.05) is 7.11 Å². The quantitative estimate of drug-likeness (QED) is 0.736. The summed E-state index contributed by atoms with van der Waals surface area (Å²) >= 11 is 0. The Bertz CT molecular complexity index is 293. The third-order valence-electron chi connectivity index (χ3n) is 2.01. The van der Waals surface area contributed by atoms with Crippen LogP contribution in [0.15, 0.2) is 12.1 Å². The minimum atomic E-state index is 0.210. The fraction of sp³-hybridized carbons (Fsp3) is 0.500. The Morgan fingerprint density at radius 1 is 1.07 bits per heavy atom. The number of aryl methyl sites for hydroxylation is 2. The molecule has 0 radical (unpaired) electrons. The summed E-state index contributed by atoms with van der Waals surface area (Å²) in [7, 11) is 1.69. The van der Waals surface area contributed by atoms with Crippen LogP contribution >= 0.6 is 0 Å². The fourth-order valence-electron chi connectivity index (χ4n) is 1.57. The summed E-state index contributed by atoms with van der Waals surface area (Å²) in [6.45, 7) is 8.10. The van der Waals surface area contributed by atoms with E-state index in [9.17, 15) is 0 Å². The van der Waals surface area contributed by atoms with Gasteiger partial charge in [0, 0.05) is 0 Å². The maximum absolute atomic E-state index is 5.62. The zero-order valence-electron chi connectivity index (χ0n) is 9.55. The van der Waals surface area contributed by atoms with Gasteiger partial charge in [0.15, 0.2) is 0 Å². The summed E-state index contributed by atoms with van der Waals surface area (Å²) in [6, 6.07) is 4.01. The molecule has 1 aromatic rings. The summed E-state index contributed by atoms with van der Waals surface area (Å²) < 4.78 is 10.9. The van der Waals surface area contributed by atoms with Crippen molar-refractivity contribution in [2.24, 2.45) is 0 Å². The first kappa shape index (κ1) is 10.9. The number of methoxy groups -OCH3 is 1. The van der Waals surface area contributed by atoms with E-state index in [0.29, 0.717) is 0 Å². The molecule has 0 aliphatic carbocycles. The van der Waals surface area contributed by atoms with Gasteiger partial charge >= 0.3 is 0 Å². The Hall–Kier alpha value is -1.18. The van der Waals surface area contributed by atoms with Crippen LogP contribution in [0.4, 0.5) is 0 Å². The molecule has 0 fully saturated rings. The molecular weight excluding hydrogens is 176 g/mol. The fourth-order valence-corrected chi connectivity index (χ4v) is 1.57. The lowest BCUT2D eigenvalue weighted by Gasteiger charge is -2.14. The van der Waals surface area contributed by atoms with Crippen molar-refractivity contribution in [3.8, 4) is 11.5 Å². The van der Waals surface area contributed by atoms with Crippen LogP contribution in [-0.4, -0.2) is 13.2 Å². The third-order valence-corrected chi connectivity index (χ3v) is 2.01. The predicted molar refractivity (Wildman–Crippen MR) is 58.2 cm³/mol. The molecule has 2 heteroatoms. The summed E-state index contributed by atoms with van der Waals surface area (Å²) in [4.78, 5) is 0. The van der Waals surface area contributed by atoms with Crippen molar-refractivity contribution >= 4 is 0 Å². The van der Waals surface area contributed by atoms with Crippen molar-refractivity contribution in [2.45, 2.75) is 33.8 Å². The first-order valence-corrected chi connectivity index (χ1v) is 4.86. The van der Waals surface area contributed by atoms with Crippen LogP contribution in [0.1, 0.15) is 25.0 Å². The molecule has 0 bridgehead atoms. The van der Waals surface area contributed by atoms with Gasteiger partial charge in [0.05, 0.1) is 13.2 Å². The number of rotatable bonds is 3. The zero-order chi connectivity index (χ0) is 10.7. The highest BCUT2D eigenvalue weighted by Gasteiger charge is 2.06. The van der Waals surface area contributed by atoms with Gasteiger partial charge in [-0.05, 0) is 51.0 Å². The summed E-state index contributed by atoms with van der Waals surface area (Å²) in [6.07, 6.45) is 0.210. The Balaban J connectivity index is 3.01. The molecule has 0 amide bonds. The van der Waals surface area contributed by atoms with E-state index in [1.54, 1.807) is 7.11 Å². The maximum Gasteiger partial charge on any atom is 0.124 e. The lowest BCUT2D eigenvalue weighted by molar-refractivity contribution is 0.241. The molecule has 0 saturated carbocycles. The Labute approximate surface area is 85.8 Å². The second-order valence-corrected chi connectivity index (χ2v) is 3.76. The first-order valence-electron chi connectivity index (χ1n) is 4.86. The lowest BCUT2D eigenvalue weighted by atomic mass is 10.1. The molecule has 0 N–H and O–H groups in total. The first-order chi connectivity index (χ1) is 6.54. The minimum absolute atomic E-state index is 0.210. The summed E-state index contributed by atoms with van der Waals surface area (Å²) in [5, 5.41) is 0. The molecule has 0 aliphatic rings. The van der Waals surface area contributed by atoms with E-state index in [4.69, 9.17) is 9.47 Å². The molecule has 1 aromatic carbocycles. The Morgan fingerprint density at radius 2 is 1.57 bits per heavy atom. The molecule has 0 aliphatic heterocycles. The van der Waals surface area contributed by atoms with E-state index in [-0.39, 0.29) is 6.10 Å². The highest BCUT2D eigenvalue weighted by molar-refractivity contribution is 5.45. The van der Waals surface area contributed by atoms with Crippen molar-refractivity contribution in [3.63, 3.8) is 0 Å². The summed E-state index contributed by atoms with van der Waals surface area (Å²) in [5.74, 6) is 1.86. The minimum Gasteiger partial charge on any atom is -0.496 e. The van der Waals surface area contributed by atoms with Gasteiger partial charge in [0.2, 0.25) is 0 Å². The molecule has 0 aromatic heterocycles. The smallest absolute Gasteiger partial charge is 0.124 e. The van der Waals surface area contributed by atoms with Crippen molar-refractivity contribution < 1.29 is 9.47 Å². The van der Waals surface area contributed by atoms with Gasteiger partial charge in [-0.1, -0.05) is 0 Å². The molecule has 0 atom stereocenters. The van der Waals surface area contributed by atoms with Crippen molar-refractivity contribution in [1.29, 1.82) is 0 Å². The molecular formula is C12H18O2. The second kappa shape index (κ2) is 4.36. The van der Waals surface area contributed by atoms with Crippen LogP contribution in [0, 0.1) is 13.8 Å². The van der Waals surface area contributed by atoms with E-state index in [1.807, 2.05) is 39.8 Å². The monoisotopic (exact) mass is 194 g/mol. The van der Waals surface area contributed by atoms with Crippen LogP contribution < -0.4 is 9.47 Å². The number of hydrogen-bond donors (Lipinski definition) is 0. The van der Waals surface area contributed by atoms with Crippen molar-refractivity contribution in [3.05, 3.63) is 23.3 Å². The number of ether oxygens (including phenoxy) is 2. The van der Waals surface area contributed by atoms with E-state index in [0.717, 1.165) is 22.6 Å². The van der Waals surface area contributed by atoms with Crippen LogP contribution in [0.5, 0.6) is 11.5 Å². The second-order valence-electron chi connectivity index (χ2n) is 3.76. The topological polar surface area (TPSA) is 18.5 Å². The SMILES string of the molecule is COc1c(C)cc(OC(C)C)cc1C. The normalized spacial score (nSPS) is 10.4. The van der Waals surface area contributed by atoms with Gasteiger partial charge < -0.3 is 9.47 Å². The average molecular weight is 194 g/mol. The maximum atomic E-state index is 5.62. The van der Waals surface area contributed by atoms with Gasteiger partial charge in [0.25, 0.3) is 0 Å². The molecule has 1 rings (SSSR count). The Kier molecular flexibility index (Phi) is 3.39. The van der Waals surface area contributed by atoms with E-state index in [1.165, 1.54) is 0 Å². The predicted octanol–water partition coefficient (Wildman–Crippen LogP) is 3.10. The molecule has 78 valence electrons. The van der Waals surface area contributed by atoms with Gasteiger partial charge in [0.1, 0.15) is 11.5 Å². The molecule has 14 heavy (non-hydrogen) atoms. The number of benzene rings is 1. The Morgan fingerprint density at radius 3 is 1.93 bits per heavy atom. The summed E-state index contributed by atoms with van der Waals surface area (Å²) in [5.41, 5.74) is 2.23. The highest BCUT2D eigenvalue weighted by Crippen LogP contribution is 2.28. The molecule has 0 saturated heterocycles. The van der Waals surface area contributed by atoms with Gasteiger partial charge in [-0.15, -0.1) is 0 Å². The third kappa shape index (κ3) is 2.41. The van der Waals surface area contributed by atoms with Gasteiger partial charge in [-0.2, -0.15) is 0 Å². The van der Waals surface area contributed by atoms with Crippen LogP contribution in [-0.2, 0) is 0 Å². The van der Waals surface area contributed by atoms with Crippen LogP contribution in [0.25, 0.3) is 0 Å². The molecule has 0 spiro atoms. The number of hydrogen-bond acceptors (Lipinski definition) is 2.